The lowest BCUT2D eigenvalue weighted by Crippen LogP contribution is -2.40. The van der Waals surface area contributed by atoms with E-state index in [-0.39, 0.29) is 5.91 Å². The second kappa shape index (κ2) is 7.44. The van der Waals surface area contributed by atoms with Crippen LogP contribution >= 0.6 is 0 Å². The van der Waals surface area contributed by atoms with Crippen LogP contribution in [0.15, 0.2) is 12.7 Å². The Hall–Kier alpha value is -0.830. The Morgan fingerprint density at radius 2 is 2.44 bits per heavy atom. The third-order valence-corrected chi connectivity index (χ3v) is 3.17. The summed E-state index contributed by atoms with van der Waals surface area (Å²) in [5.74, 6) is 0.911. The molecule has 3 heteroatoms. The predicted octanol–water partition coefficient (Wildman–Crippen LogP) is 1.80. The predicted molar refractivity (Wildman–Crippen MR) is 67.3 cm³/mol. The van der Waals surface area contributed by atoms with Gasteiger partial charge in [-0.25, -0.2) is 0 Å². The molecule has 0 aromatic rings. The van der Waals surface area contributed by atoms with E-state index in [4.69, 9.17) is 0 Å². The first-order valence-electron chi connectivity index (χ1n) is 6.37. The molecule has 0 spiro atoms. The van der Waals surface area contributed by atoms with Crippen LogP contribution in [0.4, 0.5) is 0 Å². The zero-order valence-electron chi connectivity index (χ0n) is 10.4. The van der Waals surface area contributed by atoms with Gasteiger partial charge in [0.05, 0.1) is 0 Å². The van der Waals surface area contributed by atoms with Crippen LogP contribution in [-0.2, 0) is 4.79 Å². The highest BCUT2D eigenvalue weighted by molar-refractivity contribution is 5.76. The lowest BCUT2D eigenvalue weighted by Gasteiger charge is -2.29. The molecule has 0 aliphatic carbocycles. The molecule has 0 bridgehead atoms. The van der Waals surface area contributed by atoms with E-state index in [9.17, 15) is 4.79 Å². The molecule has 92 valence electrons. The van der Waals surface area contributed by atoms with Gasteiger partial charge in [-0.3, -0.25) is 4.79 Å². The summed E-state index contributed by atoms with van der Waals surface area (Å²) in [5, 5.41) is 3.39. The topological polar surface area (TPSA) is 32.3 Å². The molecule has 1 N–H and O–H groups in total. The summed E-state index contributed by atoms with van der Waals surface area (Å²) in [4.78, 5) is 13.9. The molecule has 1 aliphatic rings. The molecule has 1 saturated heterocycles. The van der Waals surface area contributed by atoms with E-state index >= 15 is 0 Å². The van der Waals surface area contributed by atoms with Crippen LogP contribution in [0.25, 0.3) is 0 Å². The molecule has 1 fully saturated rings. The van der Waals surface area contributed by atoms with E-state index in [1.54, 1.807) is 0 Å². The van der Waals surface area contributed by atoms with Crippen LogP contribution in [0.2, 0.25) is 0 Å². The minimum atomic E-state index is 0.271. The van der Waals surface area contributed by atoms with Gasteiger partial charge in [-0.1, -0.05) is 6.08 Å². The van der Waals surface area contributed by atoms with Crippen molar-refractivity contribution < 1.29 is 4.79 Å². The second-order valence-electron chi connectivity index (χ2n) is 4.47. The van der Waals surface area contributed by atoms with E-state index in [2.05, 4.69) is 18.8 Å². The van der Waals surface area contributed by atoms with Gasteiger partial charge in [-0.15, -0.1) is 6.58 Å². The molecule has 1 heterocycles. The van der Waals surface area contributed by atoms with Gasteiger partial charge in [-0.2, -0.15) is 0 Å². The van der Waals surface area contributed by atoms with Crippen molar-refractivity contribution in [1.82, 2.24) is 10.2 Å². The van der Waals surface area contributed by atoms with Crippen molar-refractivity contribution in [3.05, 3.63) is 12.7 Å². The quantitative estimate of drug-likeness (QED) is 0.698. The van der Waals surface area contributed by atoms with Crippen molar-refractivity contribution in [2.75, 3.05) is 26.2 Å². The van der Waals surface area contributed by atoms with E-state index in [0.717, 1.165) is 32.6 Å². The normalized spacial score (nSPS) is 20.4. The highest BCUT2D eigenvalue weighted by Gasteiger charge is 2.18. The van der Waals surface area contributed by atoms with Gasteiger partial charge in [0.1, 0.15) is 0 Å². The maximum absolute atomic E-state index is 11.9. The first kappa shape index (κ1) is 13.2. The van der Waals surface area contributed by atoms with Crippen molar-refractivity contribution >= 4 is 5.91 Å². The average molecular weight is 224 g/mol. The number of amides is 1. The lowest BCUT2D eigenvalue weighted by atomic mass is 9.99. The minimum absolute atomic E-state index is 0.271. The maximum atomic E-state index is 11.9. The summed E-state index contributed by atoms with van der Waals surface area (Å²) in [6.07, 6.45) is 5.70. The molecular weight excluding hydrogens is 200 g/mol. The summed E-state index contributed by atoms with van der Waals surface area (Å²) in [6.45, 7) is 9.65. The first-order valence-corrected chi connectivity index (χ1v) is 6.37. The largest absolute Gasteiger partial charge is 0.343 e. The van der Waals surface area contributed by atoms with Gasteiger partial charge in [-0.05, 0) is 45.2 Å². The highest BCUT2D eigenvalue weighted by Crippen LogP contribution is 2.12. The molecule has 0 radical (unpaired) electrons. The fraction of sp³-hybridized carbons (Fsp3) is 0.769. The standard InChI is InChI=1S/C13H24N2O/c1-3-5-8-13(16)15(4-2)11-12-7-6-9-14-10-12/h3,12,14H,1,4-11H2,2H3. The van der Waals surface area contributed by atoms with Gasteiger partial charge < -0.3 is 10.2 Å². The number of nitrogens with zero attached hydrogens (tertiary/aromatic N) is 1. The molecule has 1 rings (SSSR count). The average Bonchev–Trinajstić information content (AvgIpc) is 2.34. The van der Waals surface area contributed by atoms with Crippen molar-refractivity contribution in [3.63, 3.8) is 0 Å². The highest BCUT2D eigenvalue weighted by atomic mass is 16.2. The third-order valence-electron chi connectivity index (χ3n) is 3.17. The Balaban J connectivity index is 2.34. The van der Waals surface area contributed by atoms with Crippen molar-refractivity contribution in [2.45, 2.75) is 32.6 Å². The summed E-state index contributed by atoms with van der Waals surface area (Å²) < 4.78 is 0. The SMILES string of the molecule is C=CCCC(=O)N(CC)CC1CCCNC1. The Labute approximate surface area is 98.9 Å². The molecule has 0 aromatic carbocycles. The fourth-order valence-electron chi connectivity index (χ4n) is 2.18. The van der Waals surface area contributed by atoms with Crippen molar-refractivity contribution in [3.8, 4) is 0 Å². The molecule has 1 amide bonds. The van der Waals surface area contributed by atoms with E-state index < -0.39 is 0 Å². The molecule has 16 heavy (non-hydrogen) atoms. The fourth-order valence-corrected chi connectivity index (χ4v) is 2.18. The van der Waals surface area contributed by atoms with Gasteiger partial charge in [0.15, 0.2) is 0 Å². The molecule has 0 saturated carbocycles. The van der Waals surface area contributed by atoms with Crippen molar-refractivity contribution in [2.24, 2.45) is 5.92 Å². The summed E-state index contributed by atoms with van der Waals surface area (Å²) in [6, 6.07) is 0. The van der Waals surface area contributed by atoms with Gasteiger partial charge in [0, 0.05) is 19.5 Å². The zero-order valence-corrected chi connectivity index (χ0v) is 10.4. The smallest absolute Gasteiger partial charge is 0.222 e. The maximum Gasteiger partial charge on any atom is 0.222 e. The summed E-state index contributed by atoms with van der Waals surface area (Å²) >= 11 is 0. The number of hydrogen-bond donors (Lipinski definition) is 1. The Bertz CT molecular complexity index is 222. The van der Waals surface area contributed by atoms with Gasteiger partial charge in [0.25, 0.3) is 0 Å². The number of carbonyl (C=O) groups is 1. The number of carbonyl (C=O) groups excluding carboxylic acids is 1. The molecule has 1 aliphatic heterocycles. The van der Waals surface area contributed by atoms with E-state index in [1.165, 1.54) is 12.8 Å². The molecular formula is C13H24N2O. The van der Waals surface area contributed by atoms with Crippen LogP contribution in [0.3, 0.4) is 0 Å². The van der Waals surface area contributed by atoms with Crippen LogP contribution < -0.4 is 5.32 Å². The molecule has 0 aromatic heterocycles. The van der Waals surface area contributed by atoms with Crippen LogP contribution in [-0.4, -0.2) is 37.0 Å². The number of rotatable bonds is 6. The molecule has 1 atom stereocenters. The second-order valence-corrected chi connectivity index (χ2v) is 4.47. The van der Waals surface area contributed by atoms with Crippen molar-refractivity contribution in [1.29, 1.82) is 0 Å². The lowest BCUT2D eigenvalue weighted by molar-refractivity contribution is -0.131. The van der Waals surface area contributed by atoms with E-state index in [1.807, 2.05) is 11.0 Å². The minimum Gasteiger partial charge on any atom is -0.343 e. The Morgan fingerprint density at radius 1 is 1.62 bits per heavy atom. The zero-order chi connectivity index (χ0) is 11.8. The Kier molecular flexibility index (Phi) is 6.16. The number of allylic oxidation sites excluding steroid dienone is 1. The monoisotopic (exact) mass is 224 g/mol. The van der Waals surface area contributed by atoms with Gasteiger partial charge in [0.2, 0.25) is 5.91 Å². The van der Waals surface area contributed by atoms with Gasteiger partial charge >= 0.3 is 0 Å². The molecule has 3 nitrogen and oxygen atoms in total. The first-order chi connectivity index (χ1) is 7.77. The third kappa shape index (κ3) is 4.35. The summed E-state index contributed by atoms with van der Waals surface area (Å²) in [7, 11) is 0. The Morgan fingerprint density at radius 3 is 3.00 bits per heavy atom. The van der Waals surface area contributed by atoms with Crippen LogP contribution in [0.1, 0.15) is 32.6 Å². The summed E-state index contributed by atoms with van der Waals surface area (Å²) in [5.41, 5.74) is 0. The number of piperidine rings is 1. The van der Waals surface area contributed by atoms with E-state index in [0.29, 0.717) is 12.3 Å². The number of nitrogens with one attached hydrogen (secondary N) is 1. The van der Waals surface area contributed by atoms with Crippen LogP contribution in [0.5, 0.6) is 0 Å². The number of hydrogen-bond acceptors (Lipinski definition) is 2. The van der Waals surface area contributed by atoms with Crippen LogP contribution in [0, 0.1) is 5.92 Å². The molecule has 1 unspecified atom stereocenters.